The van der Waals surface area contributed by atoms with E-state index in [2.05, 4.69) is 18.8 Å². The van der Waals surface area contributed by atoms with Crippen LogP contribution in [0.1, 0.15) is 101 Å². The number of nitrogens with zero attached hydrogens (tertiary/aromatic N) is 1. The van der Waals surface area contributed by atoms with Crippen molar-refractivity contribution in [3.05, 3.63) is 53.3 Å². The van der Waals surface area contributed by atoms with Crippen molar-refractivity contribution in [1.29, 1.82) is 0 Å². The number of carbonyl (C=O) groups excluding carboxylic acids is 1. The second-order valence-corrected chi connectivity index (χ2v) is 8.93. The van der Waals surface area contributed by atoms with E-state index in [1.165, 1.54) is 32.1 Å². The van der Waals surface area contributed by atoms with Gasteiger partial charge in [0.2, 0.25) is 0 Å². The number of aryl methyl sites for hydroxylation is 1. The molecule has 1 N–H and O–H groups in total. The zero-order chi connectivity index (χ0) is 22.1. The predicted molar refractivity (Wildman–Crippen MR) is 125 cm³/mol. The molecule has 0 amide bonds. The van der Waals surface area contributed by atoms with Crippen LogP contribution < -0.4 is 4.74 Å². The molecule has 2 heterocycles. The smallest absolute Gasteiger partial charge is 0.312 e. The number of phenolic OH excluding ortho intramolecular Hbond substituents is 1. The number of phenols is 1. The topological polar surface area (TPSA) is 59.4 Å². The molecule has 1 unspecified atom stereocenters. The maximum Gasteiger partial charge on any atom is 0.312 e. The molecule has 0 radical (unpaired) electrons. The number of fused-ring (bicyclic) bond motifs is 1. The third-order valence-electron chi connectivity index (χ3n) is 6.55. The van der Waals surface area contributed by atoms with Gasteiger partial charge >= 0.3 is 5.97 Å². The van der Waals surface area contributed by atoms with Crippen LogP contribution in [0.15, 0.2) is 36.7 Å². The fraction of sp³-hybridized carbons (Fsp3) is 0.556. The van der Waals surface area contributed by atoms with E-state index >= 15 is 0 Å². The van der Waals surface area contributed by atoms with Crippen molar-refractivity contribution in [3.63, 3.8) is 0 Å². The summed E-state index contributed by atoms with van der Waals surface area (Å²) >= 11 is 0. The largest absolute Gasteiger partial charge is 0.507 e. The molecule has 1 atom stereocenters. The van der Waals surface area contributed by atoms with Gasteiger partial charge in [0.15, 0.2) is 0 Å². The third kappa shape index (κ3) is 5.66. The first-order valence-electron chi connectivity index (χ1n) is 12.1. The van der Waals surface area contributed by atoms with Crippen molar-refractivity contribution in [3.8, 4) is 11.5 Å². The lowest BCUT2D eigenvalue weighted by molar-refractivity contribution is -0.137. The fourth-order valence-corrected chi connectivity index (χ4v) is 4.92. The zero-order valence-electron chi connectivity index (χ0n) is 19.2. The Hall–Kier alpha value is -2.36. The van der Waals surface area contributed by atoms with Gasteiger partial charge in [-0.15, -0.1) is 0 Å². The molecule has 0 saturated heterocycles. The first-order valence-corrected chi connectivity index (χ1v) is 12.1. The van der Waals surface area contributed by atoms with Gasteiger partial charge < -0.3 is 9.84 Å². The number of ether oxygens (including phenoxy) is 1. The van der Waals surface area contributed by atoms with E-state index in [-0.39, 0.29) is 18.1 Å². The minimum atomic E-state index is -0.564. The van der Waals surface area contributed by atoms with Gasteiger partial charge in [-0.1, -0.05) is 65.2 Å². The van der Waals surface area contributed by atoms with Crippen LogP contribution in [0.2, 0.25) is 0 Å². The molecule has 2 aromatic rings. The van der Waals surface area contributed by atoms with E-state index in [4.69, 9.17) is 4.74 Å². The minimum Gasteiger partial charge on any atom is -0.507 e. The monoisotopic (exact) mass is 423 g/mol. The molecule has 0 fully saturated rings. The summed E-state index contributed by atoms with van der Waals surface area (Å²) in [6.45, 7) is 4.41. The van der Waals surface area contributed by atoms with Crippen molar-refractivity contribution < 1.29 is 14.6 Å². The molecule has 1 aliphatic rings. The SMILES string of the molecule is CCCCCCCc1cc(O)c2c(c1)OC(=O)CC2(CCCCCC)c1ccncc1. The van der Waals surface area contributed by atoms with Crippen LogP contribution in [-0.4, -0.2) is 16.1 Å². The van der Waals surface area contributed by atoms with Crippen LogP contribution in [0.3, 0.4) is 0 Å². The summed E-state index contributed by atoms with van der Waals surface area (Å²) in [6, 6.07) is 7.82. The second-order valence-electron chi connectivity index (χ2n) is 8.93. The number of hydrogen-bond donors (Lipinski definition) is 1. The standard InChI is InChI=1S/C27H37NO3/c1-3-5-7-9-10-12-21-18-23(29)26-24(19-21)31-25(30)20-27(26,15-11-8-6-4-2)22-13-16-28-17-14-22/h13-14,16-19,29H,3-12,15,20H2,1-2H3. The number of esters is 1. The van der Waals surface area contributed by atoms with Crippen LogP contribution in [-0.2, 0) is 16.6 Å². The summed E-state index contributed by atoms with van der Waals surface area (Å²) in [6.07, 6.45) is 15.9. The van der Waals surface area contributed by atoms with Gasteiger partial charge in [-0.25, -0.2) is 0 Å². The highest BCUT2D eigenvalue weighted by molar-refractivity contribution is 5.80. The van der Waals surface area contributed by atoms with Gasteiger partial charge in [0.05, 0.1) is 6.42 Å². The molecule has 0 bridgehead atoms. The summed E-state index contributed by atoms with van der Waals surface area (Å²) in [4.78, 5) is 16.9. The average Bonchev–Trinajstić information content (AvgIpc) is 2.76. The number of hydrogen-bond acceptors (Lipinski definition) is 4. The van der Waals surface area contributed by atoms with E-state index in [1.807, 2.05) is 24.3 Å². The number of pyridine rings is 1. The van der Waals surface area contributed by atoms with Gasteiger partial charge in [0, 0.05) is 23.4 Å². The lowest BCUT2D eigenvalue weighted by Crippen LogP contribution is -2.37. The minimum absolute atomic E-state index is 0.223. The third-order valence-corrected chi connectivity index (χ3v) is 6.55. The second kappa shape index (κ2) is 11.3. The molecule has 1 aromatic carbocycles. The Kier molecular flexibility index (Phi) is 8.51. The van der Waals surface area contributed by atoms with Gasteiger partial charge in [-0.05, 0) is 54.7 Å². The van der Waals surface area contributed by atoms with E-state index in [0.29, 0.717) is 5.75 Å². The van der Waals surface area contributed by atoms with Gasteiger partial charge in [-0.2, -0.15) is 0 Å². The Bertz CT molecular complexity index is 849. The van der Waals surface area contributed by atoms with Crippen molar-refractivity contribution in [2.45, 2.75) is 96.3 Å². The summed E-state index contributed by atoms with van der Waals surface area (Å²) < 4.78 is 5.69. The Balaban J connectivity index is 1.94. The van der Waals surface area contributed by atoms with Crippen LogP contribution in [0.4, 0.5) is 0 Å². The van der Waals surface area contributed by atoms with Crippen molar-refractivity contribution in [2.75, 3.05) is 0 Å². The number of rotatable bonds is 12. The molecule has 3 rings (SSSR count). The van der Waals surface area contributed by atoms with Crippen LogP contribution in [0.5, 0.6) is 11.5 Å². The molecular weight excluding hydrogens is 386 g/mol. The highest BCUT2D eigenvalue weighted by Crippen LogP contribution is 2.51. The zero-order valence-corrected chi connectivity index (χ0v) is 19.2. The van der Waals surface area contributed by atoms with E-state index in [9.17, 15) is 9.90 Å². The summed E-state index contributed by atoms with van der Waals surface area (Å²) in [5.74, 6) is 0.562. The fourth-order valence-electron chi connectivity index (χ4n) is 4.92. The molecular formula is C27H37NO3. The van der Waals surface area contributed by atoms with Crippen LogP contribution >= 0.6 is 0 Å². The molecule has 0 aliphatic carbocycles. The van der Waals surface area contributed by atoms with Crippen molar-refractivity contribution >= 4 is 5.97 Å². The highest BCUT2D eigenvalue weighted by atomic mass is 16.5. The average molecular weight is 424 g/mol. The van der Waals surface area contributed by atoms with Crippen molar-refractivity contribution in [1.82, 2.24) is 4.98 Å². The van der Waals surface area contributed by atoms with E-state index < -0.39 is 5.41 Å². The van der Waals surface area contributed by atoms with Crippen LogP contribution in [0.25, 0.3) is 0 Å². The highest BCUT2D eigenvalue weighted by Gasteiger charge is 2.44. The van der Waals surface area contributed by atoms with Gasteiger partial charge in [-0.3, -0.25) is 9.78 Å². The molecule has 4 heteroatoms. The maximum atomic E-state index is 12.7. The normalized spacial score (nSPS) is 17.9. The van der Waals surface area contributed by atoms with Crippen LogP contribution in [0, 0.1) is 0 Å². The number of aromatic hydroxyl groups is 1. The number of benzene rings is 1. The molecule has 0 spiro atoms. The van der Waals surface area contributed by atoms with Gasteiger partial charge in [0.1, 0.15) is 11.5 Å². The van der Waals surface area contributed by atoms with E-state index in [1.54, 1.807) is 12.4 Å². The molecule has 0 saturated carbocycles. The quantitative estimate of drug-likeness (QED) is 0.230. The molecule has 168 valence electrons. The summed E-state index contributed by atoms with van der Waals surface area (Å²) in [5, 5.41) is 11.2. The van der Waals surface area contributed by atoms with Gasteiger partial charge in [0.25, 0.3) is 0 Å². The lowest BCUT2D eigenvalue weighted by atomic mass is 9.67. The first-order chi connectivity index (χ1) is 15.1. The molecule has 1 aliphatic heterocycles. The maximum absolute atomic E-state index is 12.7. The Morgan fingerprint density at radius 2 is 1.65 bits per heavy atom. The molecule has 1 aromatic heterocycles. The lowest BCUT2D eigenvalue weighted by Gasteiger charge is -2.39. The summed E-state index contributed by atoms with van der Waals surface area (Å²) in [7, 11) is 0. The summed E-state index contributed by atoms with van der Waals surface area (Å²) in [5.41, 5.74) is 2.27. The number of aromatic nitrogens is 1. The number of carbonyl (C=O) groups is 1. The van der Waals surface area contributed by atoms with E-state index in [0.717, 1.165) is 55.2 Å². The van der Waals surface area contributed by atoms with Crippen molar-refractivity contribution in [2.24, 2.45) is 0 Å². The number of unbranched alkanes of at least 4 members (excludes halogenated alkanes) is 7. The Morgan fingerprint density at radius 3 is 2.35 bits per heavy atom. The molecule has 4 nitrogen and oxygen atoms in total. The Morgan fingerprint density at radius 1 is 0.968 bits per heavy atom. The Labute approximate surface area is 187 Å². The molecule has 31 heavy (non-hydrogen) atoms. The predicted octanol–water partition coefficient (Wildman–Crippen LogP) is 6.87. The first kappa shape index (κ1) is 23.3.